The Morgan fingerprint density at radius 2 is 2.05 bits per heavy atom. The van der Waals surface area contributed by atoms with E-state index in [1.54, 1.807) is 18.7 Å². The molecule has 0 amide bonds. The van der Waals surface area contributed by atoms with Crippen LogP contribution in [0.4, 0.5) is 4.39 Å². The molecule has 21 heavy (non-hydrogen) atoms. The first-order chi connectivity index (χ1) is 10.1. The number of hydrogen-bond donors (Lipinski definition) is 0. The van der Waals surface area contributed by atoms with Gasteiger partial charge >= 0.3 is 0 Å². The molecular formula is C17H15FO2S. The van der Waals surface area contributed by atoms with E-state index >= 15 is 0 Å². The number of aryl methyl sites for hydroxylation is 2. The molecule has 0 bridgehead atoms. The number of rotatable bonds is 2. The highest BCUT2D eigenvalue weighted by molar-refractivity contribution is 7.99. The minimum Gasteiger partial charge on any atom is -0.480 e. The molecule has 3 rings (SSSR count). The first kappa shape index (κ1) is 14.1. The van der Waals surface area contributed by atoms with E-state index in [1.807, 2.05) is 37.3 Å². The molecule has 0 N–H and O–H groups in total. The number of benzene rings is 2. The molecule has 0 aromatic heterocycles. The minimum absolute atomic E-state index is 0.144. The molecule has 108 valence electrons. The topological polar surface area (TPSA) is 26.3 Å². The van der Waals surface area contributed by atoms with Gasteiger partial charge in [-0.1, -0.05) is 18.2 Å². The van der Waals surface area contributed by atoms with Crippen molar-refractivity contribution in [2.45, 2.75) is 24.8 Å². The number of Topliss-reactive ketones (excluding diaryl/α,β-unsaturated/α-hetero) is 1. The van der Waals surface area contributed by atoms with Crippen LogP contribution in [-0.2, 0) is 0 Å². The van der Waals surface area contributed by atoms with Crippen LogP contribution >= 0.6 is 11.8 Å². The summed E-state index contributed by atoms with van der Waals surface area (Å²) in [7, 11) is 0. The maximum atomic E-state index is 14.1. The fraction of sp³-hybridized carbons (Fsp3) is 0.235. The number of carbonyl (C=O) groups is 1. The maximum absolute atomic E-state index is 14.1. The molecule has 0 saturated carbocycles. The van der Waals surface area contributed by atoms with Gasteiger partial charge in [0, 0.05) is 10.6 Å². The monoisotopic (exact) mass is 302 g/mol. The zero-order chi connectivity index (χ0) is 15.0. The van der Waals surface area contributed by atoms with Gasteiger partial charge in [-0.3, -0.25) is 4.79 Å². The van der Waals surface area contributed by atoms with E-state index in [2.05, 4.69) is 0 Å². The van der Waals surface area contributed by atoms with E-state index < -0.39 is 11.9 Å². The fourth-order valence-electron chi connectivity index (χ4n) is 2.54. The van der Waals surface area contributed by atoms with Crippen molar-refractivity contribution in [3.8, 4) is 5.75 Å². The second-order valence-corrected chi connectivity index (χ2v) is 6.23. The molecule has 4 heteroatoms. The molecule has 1 aliphatic heterocycles. The number of halogens is 1. The number of fused-ring (bicyclic) bond motifs is 1. The van der Waals surface area contributed by atoms with Gasteiger partial charge in [0.25, 0.3) is 0 Å². The van der Waals surface area contributed by atoms with Crippen molar-refractivity contribution >= 4 is 17.5 Å². The highest BCUT2D eigenvalue weighted by atomic mass is 32.2. The van der Waals surface area contributed by atoms with Gasteiger partial charge in [0.05, 0.1) is 5.56 Å². The van der Waals surface area contributed by atoms with Crippen molar-refractivity contribution in [2.75, 3.05) is 5.75 Å². The number of carbonyl (C=O) groups excluding carboxylic acids is 1. The maximum Gasteiger partial charge on any atom is 0.207 e. The minimum atomic E-state index is -0.638. The molecule has 0 radical (unpaired) electrons. The van der Waals surface area contributed by atoms with Crippen LogP contribution in [0.2, 0.25) is 0 Å². The van der Waals surface area contributed by atoms with Gasteiger partial charge in [-0.25, -0.2) is 4.39 Å². The van der Waals surface area contributed by atoms with Gasteiger partial charge in [0.1, 0.15) is 11.6 Å². The Morgan fingerprint density at radius 3 is 2.81 bits per heavy atom. The third-order valence-electron chi connectivity index (χ3n) is 3.48. The average molecular weight is 302 g/mol. The zero-order valence-electron chi connectivity index (χ0n) is 11.9. The largest absolute Gasteiger partial charge is 0.480 e. The smallest absolute Gasteiger partial charge is 0.207 e. The van der Waals surface area contributed by atoms with E-state index in [0.717, 1.165) is 10.5 Å². The van der Waals surface area contributed by atoms with Crippen LogP contribution in [0.5, 0.6) is 5.75 Å². The lowest BCUT2D eigenvalue weighted by Crippen LogP contribution is -2.33. The van der Waals surface area contributed by atoms with Gasteiger partial charge < -0.3 is 4.74 Å². The van der Waals surface area contributed by atoms with Crippen molar-refractivity contribution in [3.63, 3.8) is 0 Å². The number of para-hydroxylation sites is 1. The molecule has 0 aliphatic carbocycles. The van der Waals surface area contributed by atoms with Gasteiger partial charge in [-0.2, -0.15) is 0 Å². The summed E-state index contributed by atoms with van der Waals surface area (Å²) in [5.41, 5.74) is 1.61. The summed E-state index contributed by atoms with van der Waals surface area (Å²) in [5.74, 6) is 0.442. The average Bonchev–Trinajstić information content (AvgIpc) is 2.45. The molecule has 1 aliphatic rings. The molecule has 2 aromatic rings. The Balaban J connectivity index is 1.91. The summed E-state index contributed by atoms with van der Waals surface area (Å²) in [6.07, 6.45) is -0.638. The summed E-state index contributed by atoms with van der Waals surface area (Å²) >= 11 is 1.57. The Hall–Kier alpha value is -1.81. The van der Waals surface area contributed by atoms with Crippen molar-refractivity contribution in [1.82, 2.24) is 0 Å². The van der Waals surface area contributed by atoms with Crippen LogP contribution in [0.3, 0.4) is 0 Å². The van der Waals surface area contributed by atoms with Gasteiger partial charge in [-0.05, 0) is 43.2 Å². The summed E-state index contributed by atoms with van der Waals surface area (Å²) in [4.78, 5) is 13.6. The highest BCUT2D eigenvalue weighted by Gasteiger charge is 2.30. The third-order valence-corrected chi connectivity index (χ3v) is 4.60. The molecule has 2 aromatic carbocycles. The van der Waals surface area contributed by atoms with Crippen LogP contribution in [-0.4, -0.2) is 17.6 Å². The number of hydrogen-bond acceptors (Lipinski definition) is 3. The standard InChI is InChI=1S/C17H15FO2S/c1-10-7-11(2)16(12(18)8-10)17(19)14-9-21-15-6-4-3-5-13(15)20-14/h3-8,14H,9H2,1-2H3. The predicted octanol–water partition coefficient (Wildman–Crippen LogP) is 4.18. The first-order valence-electron chi connectivity index (χ1n) is 6.75. The van der Waals surface area contributed by atoms with Crippen LogP contribution in [0, 0.1) is 19.7 Å². The van der Waals surface area contributed by atoms with Crippen molar-refractivity contribution < 1.29 is 13.9 Å². The number of ketones is 1. The molecule has 2 nitrogen and oxygen atoms in total. The van der Waals surface area contributed by atoms with E-state index in [1.165, 1.54) is 6.07 Å². The van der Waals surface area contributed by atoms with Gasteiger partial charge in [-0.15, -0.1) is 11.8 Å². The summed E-state index contributed by atoms with van der Waals surface area (Å²) < 4.78 is 19.9. The molecular weight excluding hydrogens is 287 g/mol. The lowest BCUT2D eigenvalue weighted by atomic mass is 9.98. The SMILES string of the molecule is Cc1cc(C)c(C(=O)C2CSc3ccccc3O2)c(F)c1. The van der Waals surface area contributed by atoms with Crippen LogP contribution in [0.25, 0.3) is 0 Å². The highest BCUT2D eigenvalue weighted by Crippen LogP contribution is 2.36. The molecule has 1 atom stereocenters. The molecule has 0 saturated heterocycles. The predicted molar refractivity (Wildman–Crippen MR) is 81.8 cm³/mol. The van der Waals surface area contributed by atoms with E-state index in [0.29, 0.717) is 17.1 Å². The van der Waals surface area contributed by atoms with Crippen molar-refractivity contribution in [1.29, 1.82) is 0 Å². The van der Waals surface area contributed by atoms with Crippen LogP contribution in [0.1, 0.15) is 21.5 Å². The summed E-state index contributed by atoms with van der Waals surface area (Å²) in [6, 6.07) is 10.8. The quantitative estimate of drug-likeness (QED) is 0.779. The van der Waals surface area contributed by atoms with Crippen LogP contribution < -0.4 is 4.74 Å². The Morgan fingerprint density at radius 1 is 1.29 bits per heavy atom. The van der Waals surface area contributed by atoms with Gasteiger partial charge in [0.15, 0.2) is 6.10 Å². The van der Waals surface area contributed by atoms with Crippen molar-refractivity contribution in [2.24, 2.45) is 0 Å². The lowest BCUT2D eigenvalue weighted by Gasteiger charge is -2.25. The van der Waals surface area contributed by atoms with Crippen LogP contribution in [0.15, 0.2) is 41.3 Å². The van der Waals surface area contributed by atoms with Gasteiger partial charge in [0.2, 0.25) is 5.78 Å². The molecule has 0 spiro atoms. The second kappa shape index (κ2) is 5.53. The second-order valence-electron chi connectivity index (χ2n) is 5.17. The van der Waals surface area contributed by atoms with Crippen molar-refractivity contribution in [3.05, 3.63) is 58.9 Å². The normalized spacial score (nSPS) is 17.0. The molecule has 1 unspecified atom stereocenters. The third kappa shape index (κ3) is 2.68. The summed E-state index contributed by atoms with van der Waals surface area (Å²) in [6.45, 7) is 3.57. The Labute approximate surface area is 127 Å². The Bertz CT molecular complexity index is 689. The fourth-order valence-corrected chi connectivity index (χ4v) is 3.52. The van der Waals surface area contributed by atoms with E-state index in [-0.39, 0.29) is 11.3 Å². The zero-order valence-corrected chi connectivity index (χ0v) is 12.7. The molecule has 0 fully saturated rings. The lowest BCUT2D eigenvalue weighted by molar-refractivity contribution is 0.0810. The summed E-state index contributed by atoms with van der Waals surface area (Å²) in [5, 5.41) is 0. The van der Waals surface area contributed by atoms with E-state index in [4.69, 9.17) is 4.74 Å². The number of ether oxygens (including phenoxy) is 1. The Kier molecular flexibility index (Phi) is 3.72. The first-order valence-corrected chi connectivity index (χ1v) is 7.74. The number of thioether (sulfide) groups is 1. The molecule has 1 heterocycles. The van der Waals surface area contributed by atoms with E-state index in [9.17, 15) is 9.18 Å².